The molecule has 1 aliphatic carbocycles. The van der Waals surface area contributed by atoms with Crippen LogP contribution in [0.5, 0.6) is 0 Å². The lowest BCUT2D eigenvalue weighted by atomic mass is 9.83. The van der Waals surface area contributed by atoms with Crippen LogP contribution in [0.1, 0.15) is 43.0 Å². The lowest BCUT2D eigenvalue weighted by molar-refractivity contribution is 0.0699. The SMILES string of the molecule is CC1CCC(Cn2nnc3c(C(=O)O)cccc32)CC1. The van der Waals surface area contributed by atoms with Gasteiger partial charge in [-0.15, -0.1) is 5.10 Å². The Labute approximate surface area is 117 Å². The number of aromatic nitrogens is 3. The highest BCUT2D eigenvalue weighted by Gasteiger charge is 2.20. The normalized spacial score (nSPS) is 23.1. The largest absolute Gasteiger partial charge is 0.478 e. The van der Waals surface area contributed by atoms with Gasteiger partial charge in [-0.05, 0) is 36.8 Å². The molecule has 106 valence electrons. The highest BCUT2D eigenvalue weighted by molar-refractivity contribution is 6.00. The molecule has 1 saturated carbocycles. The van der Waals surface area contributed by atoms with Crippen molar-refractivity contribution >= 4 is 17.0 Å². The standard InChI is InChI=1S/C15H19N3O2/c1-10-5-7-11(8-6-10)9-18-13-4-2-3-12(15(19)20)14(13)16-17-18/h2-4,10-11H,5-9H2,1H3,(H,19,20). The van der Waals surface area contributed by atoms with Crippen molar-refractivity contribution in [1.29, 1.82) is 0 Å². The number of carbonyl (C=O) groups is 1. The molecule has 0 radical (unpaired) electrons. The van der Waals surface area contributed by atoms with Crippen molar-refractivity contribution in [2.75, 3.05) is 0 Å². The molecule has 0 atom stereocenters. The lowest BCUT2D eigenvalue weighted by Crippen LogP contribution is -2.18. The summed E-state index contributed by atoms with van der Waals surface area (Å²) in [7, 11) is 0. The first-order valence-electron chi connectivity index (χ1n) is 7.20. The Bertz CT molecular complexity index is 627. The molecule has 0 unspecified atom stereocenters. The second-order valence-electron chi connectivity index (χ2n) is 5.88. The number of hydrogen-bond acceptors (Lipinski definition) is 3. The van der Waals surface area contributed by atoms with Crippen LogP contribution < -0.4 is 0 Å². The Kier molecular flexibility index (Phi) is 3.42. The predicted octanol–water partition coefficient (Wildman–Crippen LogP) is 2.96. The summed E-state index contributed by atoms with van der Waals surface area (Å²) in [5.74, 6) is 0.510. The maximum absolute atomic E-state index is 11.2. The molecule has 0 spiro atoms. The van der Waals surface area contributed by atoms with Gasteiger partial charge in [-0.25, -0.2) is 9.48 Å². The number of hydrogen-bond donors (Lipinski definition) is 1. The maximum Gasteiger partial charge on any atom is 0.338 e. The molecule has 1 aromatic heterocycles. The van der Waals surface area contributed by atoms with E-state index in [-0.39, 0.29) is 5.56 Å². The zero-order valence-corrected chi connectivity index (χ0v) is 11.6. The summed E-state index contributed by atoms with van der Waals surface area (Å²) in [4.78, 5) is 11.2. The van der Waals surface area contributed by atoms with Crippen LogP contribution in [0, 0.1) is 11.8 Å². The van der Waals surface area contributed by atoms with E-state index in [1.54, 1.807) is 12.1 Å². The zero-order chi connectivity index (χ0) is 14.1. The van der Waals surface area contributed by atoms with Crippen LogP contribution in [0.2, 0.25) is 0 Å². The van der Waals surface area contributed by atoms with E-state index < -0.39 is 5.97 Å². The zero-order valence-electron chi connectivity index (χ0n) is 11.6. The van der Waals surface area contributed by atoms with E-state index in [0.29, 0.717) is 11.4 Å². The molecule has 2 aromatic rings. The number of carboxylic acid groups (broad SMARTS) is 1. The van der Waals surface area contributed by atoms with Gasteiger partial charge in [-0.3, -0.25) is 0 Å². The summed E-state index contributed by atoms with van der Waals surface area (Å²) in [6, 6.07) is 5.23. The van der Waals surface area contributed by atoms with Gasteiger partial charge in [-0.2, -0.15) is 0 Å². The first kappa shape index (κ1) is 13.1. The Morgan fingerprint density at radius 1 is 1.35 bits per heavy atom. The molecule has 1 fully saturated rings. The summed E-state index contributed by atoms with van der Waals surface area (Å²) >= 11 is 0. The highest BCUT2D eigenvalue weighted by atomic mass is 16.4. The minimum atomic E-state index is -0.950. The van der Waals surface area contributed by atoms with Crippen molar-refractivity contribution in [2.24, 2.45) is 11.8 Å². The number of nitrogens with zero attached hydrogens (tertiary/aromatic N) is 3. The van der Waals surface area contributed by atoms with E-state index in [2.05, 4.69) is 17.2 Å². The van der Waals surface area contributed by atoms with Gasteiger partial charge in [-0.1, -0.05) is 31.0 Å². The third kappa shape index (κ3) is 2.40. The van der Waals surface area contributed by atoms with Crippen molar-refractivity contribution in [3.8, 4) is 0 Å². The third-order valence-corrected chi connectivity index (χ3v) is 4.34. The number of fused-ring (bicyclic) bond motifs is 1. The van der Waals surface area contributed by atoms with Gasteiger partial charge in [0.2, 0.25) is 0 Å². The molecule has 5 nitrogen and oxygen atoms in total. The monoisotopic (exact) mass is 273 g/mol. The van der Waals surface area contributed by atoms with Crippen molar-refractivity contribution in [2.45, 2.75) is 39.2 Å². The highest BCUT2D eigenvalue weighted by Crippen LogP contribution is 2.30. The average Bonchev–Trinajstić information content (AvgIpc) is 2.84. The lowest BCUT2D eigenvalue weighted by Gasteiger charge is -2.25. The van der Waals surface area contributed by atoms with Gasteiger partial charge in [0, 0.05) is 6.54 Å². The van der Waals surface area contributed by atoms with Crippen LogP contribution in [0.15, 0.2) is 18.2 Å². The van der Waals surface area contributed by atoms with Crippen molar-refractivity contribution in [3.05, 3.63) is 23.8 Å². The van der Waals surface area contributed by atoms with Gasteiger partial charge in [0.1, 0.15) is 5.52 Å². The smallest absolute Gasteiger partial charge is 0.338 e. The van der Waals surface area contributed by atoms with E-state index in [1.807, 2.05) is 10.7 Å². The molecular formula is C15H19N3O2. The molecule has 3 rings (SSSR count). The second kappa shape index (κ2) is 5.23. The molecule has 5 heteroatoms. The van der Waals surface area contributed by atoms with Crippen LogP contribution in [0.4, 0.5) is 0 Å². The van der Waals surface area contributed by atoms with Crippen molar-refractivity contribution in [3.63, 3.8) is 0 Å². The Morgan fingerprint density at radius 2 is 2.10 bits per heavy atom. The molecule has 1 heterocycles. The number of benzene rings is 1. The minimum Gasteiger partial charge on any atom is -0.478 e. The summed E-state index contributed by atoms with van der Waals surface area (Å²) < 4.78 is 1.86. The van der Waals surface area contributed by atoms with Gasteiger partial charge in [0.05, 0.1) is 11.1 Å². The second-order valence-corrected chi connectivity index (χ2v) is 5.88. The third-order valence-electron chi connectivity index (χ3n) is 4.34. The van der Waals surface area contributed by atoms with Crippen LogP contribution in [0.25, 0.3) is 11.0 Å². The van der Waals surface area contributed by atoms with E-state index >= 15 is 0 Å². The summed E-state index contributed by atoms with van der Waals surface area (Å²) in [6.45, 7) is 3.15. The van der Waals surface area contributed by atoms with Crippen LogP contribution in [0.3, 0.4) is 0 Å². The number of aromatic carboxylic acids is 1. The minimum absolute atomic E-state index is 0.228. The van der Waals surface area contributed by atoms with Crippen LogP contribution in [-0.2, 0) is 6.54 Å². The fourth-order valence-electron chi connectivity index (χ4n) is 3.06. The fraction of sp³-hybridized carbons (Fsp3) is 0.533. The Balaban J connectivity index is 1.86. The van der Waals surface area contributed by atoms with E-state index in [1.165, 1.54) is 25.7 Å². The molecule has 20 heavy (non-hydrogen) atoms. The van der Waals surface area contributed by atoms with Crippen LogP contribution in [-0.4, -0.2) is 26.1 Å². The maximum atomic E-state index is 11.2. The molecule has 0 bridgehead atoms. The quantitative estimate of drug-likeness (QED) is 0.933. The first-order chi connectivity index (χ1) is 9.65. The summed E-state index contributed by atoms with van der Waals surface area (Å²) in [5.41, 5.74) is 1.54. The topological polar surface area (TPSA) is 68.0 Å². The van der Waals surface area contributed by atoms with Crippen molar-refractivity contribution < 1.29 is 9.90 Å². The van der Waals surface area contributed by atoms with Gasteiger partial charge in [0.25, 0.3) is 0 Å². The number of carboxylic acids is 1. The fourth-order valence-corrected chi connectivity index (χ4v) is 3.06. The van der Waals surface area contributed by atoms with Gasteiger partial charge in [0.15, 0.2) is 0 Å². The average molecular weight is 273 g/mol. The molecule has 1 aliphatic rings. The molecule has 1 N–H and O–H groups in total. The Morgan fingerprint density at radius 3 is 2.80 bits per heavy atom. The number of rotatable bonds is 3. The summed E-state index contributed by atoms with van der Waals surface area (Å²) in [5, 5.41) is 17.4. The van der Waals surface area contributed by atoms with Crippen molar-refractivity contribution in [1.82, 2.24) is 15.0 Å². The Hall–Kier alpha value is -1.91. The molecule has 1 aromatic carbocycles. The molecule has 0 amide bonds. The van der Waals surface area contributed by atoms with E-state index in [9.17, 15) is 4.79 Å². The van der Waals surface area contributed by atoms with E-state index in [0.717, 1.165) is 18.0 Å². The van der Waals surface area contributed by atoms with Crippen LogP contribution >= 0.6 is 0 Å². The summed E-state index contributed by atoms with van der Waals surface area (Å²) in [6.07, 6.45) is 5.00. The predicted molar refractivity (Wildman–Crippen MR) is 75.6 cm³/mol. The molecular weight excluding hydrogens is 254 g/mol. The molecule has 0 aliphatic heterocycles. The first-order valence-corrected chi connectivity index (χ1v) is 7.20. The van der Waals surface area contributed by atoms with E-state index in [4.69, 9.17) is 5.11 Å². The molecule has 0 saturated heterocycles. The van der Waals surface area contributed by atoms with Gasteiger partial charge < -0.3 is 5.11 Å². The van der Waals surface area contributed by atoms with Gasteiger partial charge >= 0.3 is 5.97 Å².